The number of nitrogens with one attached hydrogen (secondary N) is 2. The summed E-state index contributed by atoms with van der Waals surface area (Å²) in [4.78, 5) is 14.6. The van der Waals surface area contributed by atoms with Crippen LogP contribution in [0.2, 0.25) is 0 Å². The van der Waals surface area contributed by atoms with Gasteiger partial charge < -0.3 is 16.4 Å². The topological polar surface area (TPSA) is 70.4 Å². The molecule has 2 saturated heterocycles. The molecule has 0 saturated carbocycles. The molecule has 0 aromatic heterocycles. The molecule has 0 aliphatic carbocycles. The average molecular weight is 274 g/mol. The smallest absolute Gasteiger partial charge is 0.319 e. The Labute approximate surface area is 119 Å². The standard InChI is InChI=1S/C15H22N4O/c16-11-4-6-12(7-5-11)17-15(20)18-13-8-10-19-9-2-1-3-14(13)19/h4-7,13-14H,1-3,8-10,16H2,(H2,17,18,20). The number of amides is 2. The van der Waals surface area contributed by atoms with Gasteiger partial charge in [0.1, 0.15) is 0 Å². The molecule has 2 atom stereocenters. The van der Waals surface area contributed by atoms with Gasteiger partial charge in [0, 0.05) is 30.0 Å². The Morgan fingerprint density at radius 3 is 2.75 bits per heavy atom. The van der Waals surface area contributed by atoms with Gasteiger partial charge in [-0.05, 0) is 50.1 Å². The minimum atomic E-state index is -0.118. The number of hydrogen-bond donors (Lipinski definition) is 3. The van der Waals surface area contributed by atoms with Gasteiger partial charge in [-0.3, -0.25) is 4.90 Å². The largest absolute Gasteiger partial charge is 0.399 e. The molecule has 5 heteroatoms. The number of nitrogens with zero attached hydrogens (tertiary/aromatic N) is 1. The molecule has 20 heavy (non-hydrogen) atoms. The van der Waals surface area contributed by atoms with E-state index in [4.69, 9.17) is 5.73 Å². The van der Waals surface area contributed by atoms with Gasteiger partial charge in [0.05, 0.1) is 0 Å². The number of nitrogen functional groups attached to an aromatic ring is 1. The van der Waals surface area contributed by atoms with Crippen LogP contribution in [0.3, 0.4) is 0 Å². The molecule has 4 N–H and O–H groups in total. The maximum atomic E-state index is 12.1. The molecular weight excluding hydrogens is 252 g/mol. The third-order valence-corrected chi connectivity index (χ3v) is 4.34. The number of carbonyl (C=O) groups is 1. The lowest BCUT2D eigenvalue weighted by molar-refractivity contribution is 0.180. The van der Waals surface area contributed by atoms with E-state index in [1.165, 1.54) is 25.8 Å². The maximum absolute atomic E-state index is 12.1. The number of carbonyl (C=O) groups excluding carboxylic acids is 1. The summed E-state index contributed by atoms with van der Waals surface area (Å²) in [5.74, 6) is 0. The summed E-state index contributed by atoms with van der Waals surface area (Å²) in [5, 5.41) is 5.99. The van der Waals surface area contributed by atoms with Gasteiger partial charge in [-0.15, -0.1) is 0 Å². The first kappa shape index (κ1) is 13.2. The lowest BCUT2D eigenvalue weighted by atomic mass is 9.99. The zero-order valence-corrected chi connectivity index (χ0v) is 11.6. The van der Waals surface area contributed by atoms with Crippen LogP contribution in [0.25, 0.3) is 0 Å². The van der Waals surface area contributed by atoms with E-state index in [0.717, 1.165) is 18.7 Å². The summed E-state index contributed by atoms with van der Waals surface area (Å²) in [7, 11) is 0. The Hall–Kier alpha value is -1.75. The zero-order chi connectivity index (χ0) is 13.9. The third kappa shape index (κ3) is 2.88. The Kier molecular flexibility index (Phi) is 3.78. The quantitative estimate of drug-likeness (QED) is 0.723. The summed E-state index contributed by atoms with van der Waals surface area (Å²) in [6.07, 6.45) is 4.83. The number of piperidine rings is 1. The van der Waals surface area contributed by atoms with E-state index < -0.39 is 0 Å². The van der Waals surface area contributed by atoms with E-state index in [1.54, 1.807) is 12.1 Å². The zero-order valence-electron chi connectivity index (χ0n) is 11.6. The van der Waals surface area contributed by atoms with Crippen molar-refractivity contribution in [3.8, 4) is 0 Å². The van der Waals surface area contributed by atoms with Crippen molar-refractivity contribution in [1.82, 2.24) is 10.2 Å². The number of fused-ring (bicyclic) bond motifs is 1. The van der Waals surface area contributed by atoms with Crippen LogP contribution in [0, 0.1) is 0 Å². The summed E-state index contributed by atoms with van der Waals surface area (Å²) >= 11 is 0. The number of hydrogen-bond acceptors (Lipinski definition) is 3. The predicted octanol–water partition coefficient (Wildman–Crippen LogP) is 2.02. The van der Waals surface area contributed by atoms with Crippen LogP contribution in [-0.4, -0.2) is 36.1 Å². The summed E-state index contributed by atoms with van der Waals surface area (Å²) in [5.41, 5.74) is 7.10. The lowest BCUT2D eigenvalue weighted by Crippen LogP contribution is -2.47. The fourth-order valence-corrected chi connectivity index (χ4v) is 3.32. The molecule has 5 nitrogen and oxygen atoms in total. The SMILES string of the molecule is Nc1ccc(NC(=O)NC2CCN3CCCCC23)cc1. The van der Waals surface area contributed by atoms with Crippen molar-refractivity contribution in [1.29, 1.82) is 0 Å². The van der Waals surface area contributed by atoms with E-state index in [-0.39, 0.29) is 12.1 Å². The van der Waals surface area contributed by atoms with Crippen molar-refractivity contribution in [2.45, 2.75) is 37.8 Å². The molecule has 2 unspecified atom stereocenters. The van der Waals surface area contributed by atoms with Crippen molar-refractivity contribution < 1.29 is 4.79 Å². The lowest BCUT2D eigenvalue weighted by Gasteiger charge is -2.32. The Morgan fingerprint density at radius 2 is 1.95 bits per heavy atom. The van der Waals surface area contributed by atoms with Crippen LogP contribution in [0.1, 0.15) is 25.7 Å². The molecule has 3 rings (SSSR count). The van der Waals surface area contributed by atoms with E-state index in [9.17, 15) is 4.79 Å². The molecule has 108 valence electrons. The number of anilines is 2. The van der Waals surface area contributed by atoms with Gasteiger partial charge in [-0.2, -0.15) is 0 Å². The van der Waals surface area contributed by atoms with Gasteiger partial charge in [0.2, 0.25) is 0 Å². The van der Waals surface area contributed by atoms with Crippen molar-refractivity contribution in [3.63, 3.8) is 0 Å². The van der Waals surface area contributed by atoms with Crippen LogP contribution in [0.4, 0.5) is 16.2 Å². The average Bonchev–Trinajstić information content (AvgIpc) is 2.85. The molecule has 0 radical (unpaired) electrons. The highest BCUT2D eigenvalue weighted by Gasteiger charge is 2.36. The summed E-state index contributed by atoms with van der Waals surface area (Å²) in [6, 6.07) is 7.90. The van der Waals surface area contributed by atoms with Crippen LogP contribution in [0.15, 0.2) is 24.3 Å². The van der Waals surface area contributed by atoms with Crippen LogP contribution >= 0.6 is 0 Å². The number of benzene rings is 1. The second-order valence-electron chi connectivity index (χ2n) is 5.71. The molecule has 1 aromatic carbocycles. The van der Waals surface area contributed by atoms with Crippen LogP contribution < -0.4 is 16.4 Å². The second-order valence-corrected chi connectivity index (χ2v) is 5.71. The first-order chi connectivity index (χ1) is 9.72. The van der Waals surface area contributed by atoms with Gasteiger partial charge in [-0.1, -0.05) is 6.42 Å². The number of urea groups is 1. The van der Waals surface area contributed by atoms with Crippen molar-refractivity contribution in [2.75, 3.05) is 24.1 Å². The highest BCUT2D eigenvalue weighted by molar-refractivity contribution is 5.89. The minimum absolute atomic E-state index is 0.118. The highest BCUT2D eigenvalue weighted by Crippen LogP contribution is 2.27. The molecule has 2 aliphatic rings. The molecule has 0 bridgehead atoms. The molecule has 2 fully saturated rings. The molecule has 2 heterocycles. The van der Waals surface area contributed by atoms with Gasteiger partial charge in [0.25, 0.3) is 0 Å². The first-order valence-corrected chi connectivity index (χ1v) is 7.39. The Balaban J connectivity index is 1.55. The molecule has 0 spiro atoms. The fourth-order valence-electron chi connectivity index (χ4n) is 3.32. The Morgan fingerprint density at radius 1 is 1.15 bits per heavy atom. The van der Waals surface area contributed by atoms with Crippen LogP contribution in [0.5, 0.6) is 0 Å². The normalized spacial score (nSPS) is 26.0. The molecule has 1 aromatic rings. The van der Waals surface area contributed by atoms with Crippen molar-refractivity contribution >= 4 is 17.4 Å². The van der Waals surface area contributed by atoms with Crippen molar-refractivity contribution in [3.05, 3.63) is 24.3 Å². The van der Waals surface area contributed by atoms with E-state index in [0.29, 0.717) is 11.7 Å². The Bertz CT molecular complexity index is 473. The molecule has 2 aliphatic heterocycles. The van der Waals surface area contributed by atoms with E-state index >= 15 is 0 Å². The van der Waals surface area contributed by atoms with Crippen LogP contribution in [-0.2, 0) is 0 Å². The van der Waals surface area contributed by atoms with E-state index in [1.807, 2.05) is 12.1 Å². The van der Waals surface area contributed by atoms with E-state index in [2.05, 4.69) is 15.5 Å². The highest BCUT2D eigenvalue weighted by atomic mass is 16.2. The second kappa shape index (κ2) is 5.71. The molecular formula is C15H22N4O. The molecule has 2 amide bonds. The minimum Gasteiger partial charge on any atom is -0.399 e. The van der Waals surface area contributed by atoms with Gasteiger partial charge in [0.15, 0.2) is 0 Å². The third-order valence-electron chi connectivity index (χ3n) is 4.34. The number of rotatable bonds is 2. The van der Waals surface area contributed by atoms with Crippen molar-refractivity contribution in [2.24, 2.45) is 0 Å². The summed E-state index contributed by atoms with van der Waals surface area (Å²) in [6.45, 7) is 2.29. The predicted molar refractivity (Wildman–Crippen MR) is 80.6 cm³/mol. The summed E-state index contributed by atoms with van der Waals surface area (Å²) < 4.78 is 0. The van der Waals surface area contributed by atoms with Gasteiger partial charge in [-0.25, -0.2) is 4.79 Å². The fraction of sp³-hybridized carbons (Fsp3) is 0.533. The first-order valence-electron chi connectivity index (χ1n) is 7.39. The maximum Gasteiger partial charge on any atom is 0.319 e. The monoisotopic (exact) mass is 274 g/mol. The van der Waals surface area contributed by atoms with Gasteiger partial charge >= 0.3 is 6.03 Å². The number of nitrogens with two attached hydrogens (primary N) is 1.